The lowest BCUT2D eigenvalue weighted by Crippen LogP contribution is -2.37. The highest BCUT2D eigenvalue weighted by atomic mass is 32.2. The van der Waals surface area contributed by atoms with Crippen LogP contribution in [0.4, 0.5) is 13.2 Å². The molecular formula is C20H21F3N4O3S2. The van der Waals surface area contributed by atoms with Gasteiger partial charge in [0.1, 0.15) is 10.8 Å². The van der Waals surface area contributed by atoms with Crippen LogP contribution in [0.2, 0.25) is 0 Å². The Morgan fingerprint density at radius 3 is 2.31 bits per heavy atom. The van der Waals surface area contributed by atoms with Gasteiger partial charge < -0.3 is 0 Å². The molecule has 1 aliphatic rings. The van der Waals surface area contributed by atoms with E-state index >= 15 is 0 Å². The van der Waals surface area contributed by atoms with E-state index in [-0.39, 0.29) is 18.2 Å². The van der Waals surface area contributed by atoms with Crippen LogP contribution in [0.5, 0.6) is 0 Å². The summed E-state index contributed by atoms with van der Waals surface area (Å²) >= 11 is 1.38. The van der Waals surface area contributed by atoms with Crippen LogP contribution >= 0.6 is 11.3 Å². The molecule has 1 fully saturated rings. The van der Waals surface area contributed by atoms with Crippen LogP contribution in [0.1, 0.15) is 35.7 Å². The van der Waals surface area contributed by atoms with Gasteiger partial charge in [0, 0.05) is 19.0 Å². The quantitative estimate of drug-likeness (QED) is 0.555. The average molecular weight is 487 g/mol. The average Bonchev–Trinajstić information content (AvgIpc) is 3.36. The van der Waals surface area contributed by atoms with Crippen LogP contribution in [0.25, 0.3) is 5.00 Å². The van der Waals surface area contributed by atoms with E-state index < -0.39 is 21.8 Å². The lowest BCUT2D eigenvalue weighted by atomic mass is 9.97. The topological polar surface area (TPSA) is 77.2 Å². The number of hydrogen-bond donors (Lipinski definition) is 0. The number of piperidine rings is 1. The summed E-state index contributed by atoms with van der Waals surface area (Å²) in [5.41, 5.74) is -0.613. The minimum atomic E-state index is -4.43. The monoisotopic (exact) mass is 486 g/mol. The molecule has 1 saturated heterocycles. The fourth-order valence-corrected chi connectivity index (χ4v) is 5.42. The van der Waals surface area contributed by atoms with E-state index in [4.69, 9.17) is 0 Å². The van der Waals surface area contributed by atoms with Gasteiger partial charge >= 0.3 is 11.9 Å². The molecule has 7 nitrogen and oxygen atoms in total. The molecule has 0 saturated carbocycles. The van der Waals surface area contributed by atoms with E-state index in [0.29, 0.717) is 42.3 Å². The summed E-state index contributed by atoms with van der Waals surface area (Å²) in [6.07, 6.45) is -2.21. The number of thiophene rings is 1. The highest BCUT2D eigenvalue weighted by molar-refractivity contribution is 7.88. The first-order valence-electron chi connectivity index (χ1n) is 9.89. The molecule has 1 aromatic carbocycles. The summed E-state index contributed by atoms with van der Waals surface area (Å²) in [5.74, 6) is 0.425. The standard InChI is InChI=1S/C20H21F3N4O3S2/c1-32(29,30)25-10-8-15(9-11-25)18-24-26(19(28)27(18)17-3-2-12-31-17)13-14-4-6-16(7-5-14)20(21,22)23/h2-7,12,15H,8-11,13H2,1H3. The summed E-state index contributed by atoms with van der Waals surface area (Å²) in [7, 11) is -3.28. The SMILES string of the molecule is CS(=O)(=O)N1CCC(c2nn(Cc3ccc(C(F)(F)F)cc3)c(=O)n2-c2cccs2)CC1. The van der Waals surface area contributed by atoms with E-state index in [0.717, 1.165) is 12.1 Å². The number of alkyl halides is 3. The third-order valence-electron chi connectivity index (χ3n) is 5.49. The third-order valence-corrected chi connectivity index (χ3v) is 7.65. The third kappa shape index (κ3) is 4.66. The fourth-order valence-electron chi connectivity index (χ4n) is 3.81. The van der Waals surface area contributed by atoms with Crippen molar-refractivity contribution < 1.29 is 21.6 Å². The molecular weight excluding hydrogens is 465 g/mol. The first kappa shape index (κ1) is 22.7. The molecule has 0 atom stereocenters. The van der Waals surface area contributed by atoms with Crippen LogP contribution in [-0.4, -0.2) is 46.4 Å². The fraction of sp³-hybridized carbons (Fsp3) is 0.400. The van der Waals surface area contributed by atoms with Gasteiger partial charge in [-0.2, -0.15) is 18.3 Å². The van der Waals surface area contributed by atoms with E-state index in [1.54, 1.807) is 6.07 Å². The Balaban J connectivity index is 1.65. The van der Waals surface area contributed by atoms with Crippen LogP contribution in [0.3, 0.4) is 0 Å². The molecule has 3 aromatic rings. The molecule has 0 aliphatic carbocycles. The zero-order valence-corrected chi connectivity index (χ0v) is 18.8. The van der Waals surface area contributed by atoms with Gasteiger partial charge in [0.25, 0.3) is 0 Å². The Bertz CT molecular complexity index is 1240. The largest absolute Gasteiger partial charge is 0.416 e. The highest BCUT2D eigenvalue weighted by Gasteiger charge is 2.31. The van der Waals surface area contributed by atoms with Crippen molar-refractivity contribution in [3.63, 3.8) is 0 Å². The van der Waals surface area contributed by atoms with Gasteiger partial charge in [0.15, 0.2) is 0 Å². The van der Waals surface area contributed by atoms with Gasteiger partial charge in [-0.1, -0.05) is 12.1 Å². The van der Waals surface area contributed by atoms with Gasteiger partial charge in [-0.3, -0.25) is 0 Å². The number of hydrogen-bond acceptors (Lipinski definition) is 5. The van der Waals surface area contributed by atoms with Gasteiger partial charge in [-0.05, 0) is 48.1 Å². The summed E-state index contributed by atoms with van der Waals surface area (Å²) in [5, 5.41) is 7.05. The van der Waals surface area contributed by atoms with Gasteiger partial charge in [-0.15, -0.1) is 11.3 Å². The summed E-state index contributed by atoms with van der Waals surface area (Å²) < 4.78 is 66.3. The Morgan fingerprint density at radius 2 is 1.78 bits per heavy atom. The number of benzene rings is 1. The van der Waals surface area contributed by atoms with Crippen LogP contribution in [0, 0.1) is 0 Å². The smallest absolute Gasteiger partial charge is 0.246 e. The number of nitrogens with zero attached hydrogens (tertiary/aromatic N) is 4. The number of sulfonamides is 1. The Labute approximate surface area is 186 Å². The van der Waals surface area contributed by atoms with Crippen molar-refractivity contribution in [2.45, 2.75) is 31.5 Å². The van der Waals surface area contributed by atoms with Crippen LogP contribution < -0.4 is 5.69 Å². The van der Waals surface area contributed by atoms with Crippen molar-refractivity contribution in [3.8, 4) is 5.00 Å². The molecule has 12 heteroatoms. The van der Waals surface area contributed by atoms with Crippen molar-refractivity contribution in [2.75, 3.05) is 19.3 Å². The summed E-state index contributed by atoms with van der Waals surface area (Å²) in [4.78, 5) is 13.2. The predicted molar refractivity (Wildman–Crippen MR) is 115 cm³/mol. The van der Waals surface area contributed by atoms with Gasteiger partial charge in [0.05, 0.1) is 18.4 Å². The Morgan fingerprint density at radius 1 is 1.12 bits per heavy atom. The molecule has 2 aromatic heterocycles. The second kappa shape index (κ2) is 8.49. The molecule has 32 heavy (non-hydrogen) atoms. The van der Waals surface area contributed by atoms with Crippen molar-refractivity contribution >= 4 is 21.4 Å². The summed E-state index contributed by atoms with van der Waals surface area (Å²) in [6, 6.07) is 8.26. The molecule has 0 radical (unpaired) electrons. The maximum absolute atomic E-state index is 13.2. The maximum Gasteiger partial charge on any atom is 0.416 e. The van der Waals surface area contributed by atoms with Crippen molar-refractivity contribution in [1.82, 2.24) is 18.7 Å². The zero-order chi connectivity index (χ0) is 23.1. The molecule has 0 amide bonds. The number of rotatable bonds is 5. The molecule has 0 N–H and O–H groups in total. The van der Waals surface area contributed by atoms with E-state index in [9.17, 15) is 26.4 Å². The molecule has 0 spiro atoms. The van der Waals surface area contributed by atoms with Gasteiger partial charge in [-0.25, -0.2) is 26.8 Å². The highest BCUT2D eigenvalue weighted by Crippen LogP contribution is 2.30. The lowest BCUT2D eigenvalue weighted by Gasteiger charge is -2.29. The number of halogens is 3. The maximum atomic E-state index is 13.2. The lowest BCUT2D eigenvalue weighted by molar-refractivity contribution is -0.137. The second-order valence-electron chi connectivity index (χ2n) is 7.72. The predicted octanol–water partition coefficient (Wildman–Crippen LogP) is 3.30. The van der Waals surface area contributed by atoms with E-state index in [1.807, 2.05) is 11.4 Å². The molecule has 0 bridgehead atoms. The van der Waals surface area contributed by atoms with E-state index in [2.05, 4.69) is 5.10 Å². The minimum absolute atomic E-state index is 0.0323. The molecule has 3 heterocycles. The molecule has 0 unspecified atom stereocenters. The van der Waals surface area contributed by atoms with Crippen LogP contribution in [-0.2, 0) is 22.7 Å². The molecule has 172 valence electrons. The van der Waals surface area contributed by atoms with E-state index in [1.165, 1.54) is 43.3 Å². The van der Waals surface area contributed by atoms with Crippen molar-refractivity contribution in [3.05, 3.63) is 69.2 Å². The Kier molecular flexibility index (Phi) is 6.03. The zero-order valence-electron chi connectivity index (χ0n) is 17.1. The normalized spacial score (nSPS) is 16.5. The van der Waals surface area contributed by atoms with Crippen molar-refractivity contribution in [2.24, 2.45) is 0 Å². The summed E-state index contributed by atoms with van der Waals surface area (Å²) in [6.45, 7) is 0.715. The van der Waals surface area contributed by atoms with Crippen LogP contribution in [0.15, 0.2) is 46.6 Å². The number of aromatic nitrogens is 3. The molecule has 1 aliphatic heterocycles. The molecule has 4 rings (SSSR count). The van der Waals surface area contributed by atoms with Gasteiger partial charge in [0.2, 0.25) is 10.0 Å². The minimum Gasteiger partial charge on any atom is -0.246 e. The Hall–Kier alpha value is -2.44. The first-order chi connectivity index (χ1) is 15.0. The van der Waals surface area contributed by atoms with Crippen molar-refractivity contribution in [1.29, 1.82) is 0 Å². The first-order valence-corrected chi connectivity index (χ1v) is 12.6. The second-order valence-corrected chi connectivity index (χ2v) is 10.6.